The lowest BCUT2D eigenvalue weighted by Crippen LogP contribution is -2.85. The summed E-state index contributed by atoms with van der Waals surface area (Å²) in [4.78, 5) is 12.1. The number of ketones is 1. The summed E-state index contributed by atoms with van der Waals surface area (Å²) in [6.07, 6.45) is -1.54. The van der Waals surface area contributed by atoms with E-state index in [9.17, 15) is 67.0 Å². The van der Waals surface area contributed by atoms with E-state index in [1.807, 2.05) is 0 Å². The highest BCUT2D eigenvalue weighted by Crippen LogP contribution is 2.70. The van der Waals surface area contributed by atoms with Crippen molar-refractivity contribution in [3.8, 4) is 0 Å². The second-order valence-electron chi connectivity index (χ2n) is 6.79. The van der Waals surface area contributed by atoms with Crippen LogP contribution in [0.3, 0.4) is 0 Å². The van der Waals surface area contributed by atoms with E-state index in [4.69, 9.17) is 0 Å². The molecule has 0 amide bonds. The number of allylic oxidation sites excluding steroid dienone is 1. The topological polar surface area (TPSA) is 37.3 Å². The number of aliphatic hydroxyl groups is 1. The highest BCUT2D eigenvalue weighted by molar-refractivity contribution is 6.10. The van der Waals surface area contributed by atoms with E-state index in [2.05, 4.69) is 0 Å². The maximum absolute atomic E-state index is 14.8. The van der Waals surface area contributed by atoms with Gasteiger partial charge < -0.3 is 5.11 Å². The molecule has 0 unspecified atom stereocenters. The molecule has 0 atom stereocenters. The fourth-order valence-corrected chi connectivity index (χ4v) is 3.36. The number of hydrogen-bond acceptors (Lipinski definition) is 2. The van der Waals surface area contributed by atoms with E-state index >= 15 is 0 Å². The molecular weight excluding hydrogens is 471 g/mol. The van der Waals surface area contributed by atoms with E-state index in [0.29, 0.717) is 6.07 Å². The molecule has 1 N–H and O–H groups in total. The first-order valence-corrected chi connectivity index (χ1v) is 7.75. The second-order valence-corrected chi connectivity index (χ2v) is 6.79. The van der Waals surface area contributed by atoms with Gasteiger partial charge in [0, 0.05) is 18.1 Å². The summed E-state index contributed by atoms with van der Waals surface area (Å²) in [6.45, 7) is 0. The predicted octanol–water partition coefficient (Wildman–Crippen LogP) is 5.26. The third-order valence-corrected chi connectivity index (χ3v) is 5.06. The van der Waals surface area contributed by atoms with Crippen LogP contribution in [0.25, 0.3) is 5.76 Å². The van der Waals surface area contributed by atoms with Crippen molar-refractivity contribution in [2.24, 2.45) is 0 Å². The number of hydrogen-bond donors (Lipinski definition) is 1. The third kappa shape index (κ3) is 2.24. The quantitative estimate of drug-likeness (QED) is 0.592. The third-order valence-electron chi connectivity index (χ3n) is 5.06. The highest BCUT2D eigenvalue weighted by atomic mass is 19.4. The van der Waals surface area contributed by atoms with E-state index in [1.54, 1.807) is 0 Å². The van der Waals surface area contributed by atoms with Crippen LogP contribution in [0.4, 0.5) is 57.1 Å². The molecule has 0 saturated heterocycles. The van der Waals surface area contributed by atoms with Crippen LogP contribution in [0.1, 0.15) is 11.1 Å². The smallest absolute Gasteiger partial charge is 0.384 e. The number of fused-ring (bicyclic) bond motifs is 1. The zero-order valence-corrected chi connectivity index (χ0v) is 14.1. The molecule has 2 aliphatic carbocycles. The van der Waals surface area contributed by atoms with Gasteiger partial charge in [-0.25, -0.2) is 13.2 Å². The van der Waals surface area contributed by atoms with E-state index < -0.39 is 81.6 Å². The summed E-state index contributed by atoms with van der Waals surface area (Å²) in [5.41, 5.74) is -11.2. The molecule has 15 heteroatoms. The Hall–Kier alpha value is -2.48. The number of halogens is 13. The number of benzene rings is 1. The number of carbonyl (C=O) groups is 1. The van der Waals surface area contributed by atoms with Crippen molar-refractivity contribution in [2.75, 3.05) is 0 Å². The van der Waals surface area contributed by atoms with Gasteiger partial charge >= 0.3 is 35.3 Å². The van der Waals surface area contributed by atoms with Crippen LogP contribution < -0.4 is 0 Å². The Labute approximate surface area is 161 Å². The van der Waals surface area contributed by atoms with Gasteiger partial charge in [0.05, 0.1) is 5.56 Å². The van der Waals surface area contributed by atoms with E-state index in [0.717, 1.165) is 0 Å². The molecule has 2 aliphatic rings. The molecule has 1 saturated carbocycles. The van der Waals surface area contributed by atoms with Crippen LogP contribution in [0.5, 0.6) is 0 Å². The van der Waals surface area contributed by atoms with Gasteiger partial charge in [0.25, 0.3) is 0 Å². The van der Waals surface area contributed by atoms with Crippen molar-refractivity contribution in [1.29, 1.82) is 0 Å². The summed E-state index contributed by atoms with van der Waals surface area (Å²) in [7, 11) is 0. The molecule has 0 heterocycles. The molecule has 31 heavy (non-hydrogen) atoms. The second kappa shape index (κ2) is 5.85. The van der Waals surface area contributed by atoms with Crippen molar-refractivity contribution >= 4 is 11.5 Å². The Bertz CT molecular complexity index is 995. The normalized spacial score (nSPS) is 26.5. The summed E-state index contributed by atoms with van der Waals surface area (Å²) in [6, 6.07) is 0.328. The largest absolute Gasteiger partial charge is 0.507 e. The van der Waals surface area contributed by atoms with Gasteiger partial charge in [-0.1, -0.05) is 0 Å². The summed E-state index contributed by atoms with van der Waals surface area (Å²) in [5, 5.41) is 9.75. The first kappa shape index (κ1) is 23.2. The molecule has 1 aromatic rings. The lowest BCUT2D eigenvalue weighted by molar-refractivity contribution is -0.475. The van der Waals surface area contributed by atoms with Crippen LogP contribution >= 0.6 is 0 Å². The molecule has 1 aromatic carbocycles. The molecule has 0 bridgehead atoms. The number of alkyl halides is 11. The molecule has 3 rings (SSSR count). The summed E-state index contributed by atoms with van der Waals surface area (Å²) in [5.74, 6) is -46.2. The molecule has 0 aliphatic heterocycles. The zero-order chi connectivity index (χ0) is 24.2. The van der Waals surface area contributed by atoms with E-state index in [1.165, 1.54) is 0 Å². The molecular formula is C16H5F13O2. The molecule has 2 nitrogen and oxygen atoms in total. The Morgan fingerprint density at radius 1 is 0.742 bits per heavy atom. The minimum Gasteiger partial charge on any atom is -0.507 e. The molecule has 172 valence electrons. The summed E-state index contributed by atoms with van der Waals surface area (Å²) < 4.78 is 178. The van der Waals surface area contributed by atoms with Crippen molar-refractivity contribution < 1.29 is 67.0 Å². The SMILES string of the molecule is O=C(C1=C(O)c2c(F)cc(F)cc2C1)C1(F)C(F)(F)C(F)(F)C(F)(F)C(F)(F)C1(F)F. The number of rotatable bonds is 2. The van der Waals surface area contributed by atoms with Gasteiger partial charge in [-0.05, 0) is 11.6 Å². The predicted molar refractivity (Wildman–Crippen MR) is 73.2 cm³/mol. The van der Waals surface area contributed by atoms with Crippen LogP contribution in [-0.4, -0.2) is 46.2 Å². The molecule has 0 spiro atoms. The minimum absolute atomic E-state index is 0.0281. The minimum atomic E-state index is -7.52. The average molecular weight is 476 g/mol. The van der Waals surface area contributed by atoms with Crippen molar-refractivity contribution in [3.63, 3.8) is 0 Å². The van der Waals surface area contributed by atoms with Gasteiger partial charge in [-0.2, -0.15) is 43.9 Å². The monoisotopic (exact) mass is 476 g/mol. The van der Waals surface area contributed by atoms with Crippen LogP contribution in [-0.2, 0) is 11.2 Å². The number of carbonyl (C=O) groups excluding carboxylic acids is 1. The first-order chi connectivity index (χ1) is 13.7. The van der Waals surface area contributed by atoms with Crippen LogP contribution in [0.2, 0.25) is 0 Å². The standard InChI is InChI=1S/C16H5F13O2/c17-5-1-4-2-6(9(30)8(4)7(18)3-5)10(31)11(19)12(20,21)14(24,25)16(28,29)15(26,27)13(11,22)23/h1,3,30H,2H2. The Morgan fingerprint density at radius 2 is 1.16 bits per heavy atom. The van der Waals surface area contributed by atoms with E-state index in [-0.39, 0.29) is 6.07 Å². The maximum Gasteiger partial charge on any atom is 0.384 e. The first-order valence-electron chi connectivity index (χ1n) is 7.75. The van der Waals surface area contributed by atoms with Gasteiger partial charge in [0.2, 0.25) is 5.78 Å². The fraction of sp³-hybridized carbons (Fsp3) is 0.438. The Morgan fingerprint density at radius 3 is 1.61 bits per heavy atom. The summed E-state index contributed by atoms with van der Waals surface area (Å²) >= 11 is 0. The number of aliphatic hydroxyl groups excluding tert-OH is 1. The van der Waals surface area contributed by atoms with Gasteiger partial charge in [0.1, 0.15) is 17.4 Å². The maximum atomic E-state index is 14.8. The van der Waals surface area contributed by atoms with Crippen molar-refractivity contribution in [1.82, 2.24) is 0 Å². The molecule has 0 aromatic heterocycles. The lowest BCUT2D eigenvalue weighted by atomic mass is 9.69. The van der Waals surface area contributed by atoms with Crippen LogP contribution in [0.15, 0.2) is 17.7 Å². The fourth-order valence-electron chi connectivity index (χ4n) is 3.36. The average Bonchev–Trinajstić information content (AvgIpc) is 2.94. The molecule has 1 fully saturated rings. The number of Topliss-reactive ketones (excluding diaryl/α,β-unsaturated/α-hetero) is 1. The Balaban J connectivity index is 2.28. The van der Waals surface area contributed by atoms with Gasteiger partial charge in [-0.3, -0.25) is 4.79 Å². The van der Waals surface area contributed by atoms with Gasteiger partial charge in [0.15, 0.2) is 0 Å². The van der Waals surface area contributed by atoms with Crippen molar-refractivity contribution in [2.45, 2.75) is 41.7 Å². The van der Waals surface area contributed by atoms with Crippen LogP contribution in [0, 0.1) is 11.6 Å². The van der Waals surface area contributed by atoms with Crippen molar-refractivity contribution in [3.05, 3.63) is 40.5 Å². The highest BCUT2D eigenvalue weighted by Gasteiger charge is 3.02. The molecule has 0 radical (unpaired) electrons. The zero-order valence-electron chi connectivity index (χ0n) is 14.1. The van der Waals surface area contributed by atoms with Gasteiger partial charge in [-0.15, -0.1) is 0 Å². The lowest BCUT2D eigenvalue weighted by Gasteiger charge is -2.51. The Kier molecular flexibility index (Phi) is 4.38.